The molecule has 1 saturated carbocycles. The van der Waals surface area contributed by atoms with E-state index in [4.69, 9.17) is 5.11 Å². The molecule has 1 aliphatic rings. The van der Waals surface area contributed by atoms with E-state index in [0.717, 1.165) is 38.5 Å². The molecule has 1 rings (SSSR count). The van der Waals surface area contributed by atoms with Gasteiger partial charge in [-0.25, -0.2) is 0 Å². The Morgan fingerprint density at radius 2 is 1.81 bits per heavy atom. The highest BCUT2D eigenvalue weighted by Gasteiger charge is 2.35. The van der Waals surface area contributed by atoms with E-state index < -0.39 is 17.7 Å². The predicted molar refractivity (Wildman–Crippen MR) is 97.4 cm³/mol. The van der Waals surface area contributed by atoms with Crippen LogP contribution in [0.25, 0.3) is 0 Å². The average molecular weight is 376 g/mol. The van der Waals surface area contributed by atoms with Gasteiger partial charge >= 0.3 is 11.9 Å². The first-order chi connectivity index (χ1) is 12.2. The molecule has 152 valence electrons. The van der Waals surface area contributed by atoms with Gasteiger partial charge in [0, 0.05) is 31.6 Å². The first-order valence-corrected chi connectivity index (χ1v) is 9.81. The number of aliphatic carboxylic acids is 1. The molecule has 2 unspecified atom stereocenters. The molecule has 0 amide bonds. The Labute approximate surface area is 155 Å². The third-order valence-corrected chi connectivity index (χ3v) is 4.93. The lowest BCUT2D eigenvalue weighted by Gasteiger charge is -2.12. The first kappa shape index (κ1) is 24.7. The summed E-state index contributed by atoms with van der Waals surface area (Å²) in [7, 11) is 0. The molecule has 1 aliphatic carbocycles. The van der Waals surface area contributed by atoms with Gasteiger partial charge in [-0.2, -0.15) is 8.78 Å². The number of carboxylic acids is 1. The zero-order valence-corrected chi connectivity index (χ0v) is 16.4. The highest BCUT2D eigenvalue weighted by molar-refractivity contribution is 5.85. The van der Waals surface area contributed by atoms with Gasteiger partial charge in [0.1, 0.15) is 5.78 Å². The topological polar surface area (TPSA) is 71.4 Å². The number of carbonyl (C=O) groups excluding carboxylic acids is 2. The largest absolute Gasteiger partial charge is 0.481 e. The summed E-state index contributed by atoms with van der Waals surface area (Å²) < 4.78 is 25.3. The van der Waals surface area contributed by atoms with Crippen molar-refractivity contribution < 1.29 is 28.3 Å². The van der Waals surface area contributed by atoms with Crippen LogP contribution < -0.4 is 0 Å². The zero-order valence-electron chi connectivity index (χ0n) is 16.4. The second-order valence-corrected chi connectivity index (χ2v) is 7.17. The summed E-state index contributed by atoms with van der Waals surface area (Å²) in [6.45, 7) is 5.43. The third kappa shape index (κ3) is 9.97. The van der Waals surface area contributed by atoms with Gasteiger partial charge in [-0.15, -0.1) is 0 Å². The predicted octanol–water partition coefficient (Wildman–Crippen LogP) is 5.43. The van der Waals surface area contributed by atoms with Crippen molar-refractivity contribution in [3.63, 3.8) is 0 Å². The Kier molecular flexibility index (Phi) is 12.3. The molecule has 0 aliphatic heterocycles. The van der Waals surface area contributed by atoms with Crippen molar-refractivity contribution in [3.05, 3.63) is 0 Å². The van der Waals surface area contributed by atoms with E-state index in [1.807, 2.05) is 6.92 Å². The average Bonchev–Trinajstić information content (AvgIpc) is 2.91. The number of halogens is 2. The van der Waals surface area contributed by atoms with E-state index in [9.17, 15) is 23.2 Å². The first-order valence-electron chi connectivity index (χ1n) is 9.81. The molecule has 2 atom stereocenters. The minimum Gasteiger partial charge on any atom is -0.481 e. The van der Waals surface area contributed by atoms with Gasteiger partial charge in [0.15, 0.2) is 0 Å². The zero-order chi connectivity index (χ0) is 20.2. The number of Topliss-reactive ketones (excluding diaryl/α,β-unsaturated/α-hetero) is 2. The number of carboxylic acid groups (broad SMARTS) is 1. The SMILES string of the molecule is CC1CCC(=O)C1CCCCCC(=O)O.CCCCC(F)(F)C(=O)CC. The maximum absolute atomic E-state index is 12.7. The molecule has 26 heavy (non-hydrogen) atoms. The molecule has 1 fully saturated rings. The minimum absolute atomic E-state index is 0.0727. The lowest BCUT2D eigenvalue weighted by Crippen LogP contribution is -2.27. The molecular weight excluding hydrogens is 342 g/mol. The molecule has 0 aromatic rings. The summed E-state index contributed by atoms with van der Waals surface area (Å²) in [6.07, 6.45) is 6.42. The maximum Gasteiger partial charge on any atom is 0.305 e. The van der Waals surface area contributed by atoms with E-state index in [0.29, 0.717) is 24.5 Å². The number of rotatable bonds is 11. The molecule has 0 heterocycles. The van der Waals surface area contributed by atoms with Crippen LogP contribution in [0.1, 0.15) is 91.4 Å². The van der Waals surface area contributed by atoms with Crippen LogP contribution in [0.2, 0.25) is 0 Å². The summed E-state index contributed by atoms with van der Waals surface area (Å²) in [6, 6.07) is 0. The van der Waals surface area contributed by atoms with Crippen molar-refractivity contribution in [2.45, 2.75) is 97.3 Å². The van der Waals surface area contributed by atoms with Crippen LogP contribution in [0, 0.1) is 11.8 Å². The van der Waals surface area contributed by atoms with Gasteiger partial charge < -0.3 is 5.11 Å². The van der Waals surface area contributed by atoms with Crippen LogP contribution in [0.5, 0.6) is 0 Å². The fourth-order valence-electron chi connectivity index (χ4n) is 3.13. The van der Waals surface area contributed by atoms with Crippen molar-refractivity contribution in [1.82, 2.24) is 0 Å². The van der Waals surface area contributed by atoms with Crippen molar-refractivity contribution >= 4 is 17.5 Å². The third-order valence-electron chi connectivity index (χ3n) is 4.93. The molecule has 4 nitrogen and oxygen atoms in total. The Morgan fingerprint density at radius 3 is 2.27 bits per heavy atom. The van der Waals surface area contributed by atoms with Crippen molar-refractivity contribution in [3.8, 4) is 0 Å². The van der Waals surface area contributed by atoms with Gasteiger partial charge in [-0.3, -0.25) is 14.4 Å². The van der Waals surface area contributed by atoms with Gasteiger partial charge in [0.25, 0.3) is 0 Å². The van der Waals surface area contributed by atoms with Crippen LogP contribution in [-0.2, 0) is 14.4 Å². The summed E-state index contributed by atoms with van der Waals surface area (Å²) in [4.78, 5) is 32.3. The number of unbranched alkanes of at least 4 members (excludes halogenated alkanes) is 3. The Hall–Kier alpha value is -1.33. The lowest BCUT2D eigenvalue weighted by molar-refractivity contribution is -0.143. The molecular formula is C20H34F2O4. The van der Waals surface area contributed by atoms with Crippen LogP contribution in [0.3, 0.4) is 0 Å². The number of alkyl halides is 2. The van der Waals surface area contributed by atoms with Crippen LogP contribution >= 0.6 is 0 Å². The molecule has 0 saturated heterocycles. The second kappa shape index (κ2) is 12.9. The van der Waals surface area contributed by atoms with Gasteiger partial charge in [0.2, 0.25) is 5.78 Å². The van der Waals surface area contributed by atoms with Gasteiger partial charge in [-0.1, -0.05) is 40.0 Å². The van der Waals surface area contributed by atoms with E-state index >= 15 is 0 Å². The second-order valence-electron chi connectivity index (χ2n) is 7.17. The lowest BCUT2D eigenvalue weighted by atomic mass is 9.91. The molecule has 0 bridgehead atoms. The molecule has 0 aromatic heterocycles. The Morgan fingerprint density at radius 1 is 1.15 bits per heavy atom. The quantitative estimate of drug-likeness (QED) is 0.488. The fourth-order valence-corrected chi connectivity index (χ4v) is 3.13. The highest BCUT2D eigenvalue weighted by atomic mass is 19.3. The molecule has 1 N–H and O–H groups in total. The Bertz CT molecular complexity index is 449. The summed E-state index contributed by atoms with van der Waals surface area (Å²) in [5.74, 6) is -3.52. The molecule has 0 spiro atoms. The normalized spacial score (nSPS) is 19.8. The monoisotopic (exact) mass is 376 g/mol. The van der Waals surface area contributed by atoms with E-state index in [1.54, 1.807) is 0 Å². The van der Waals surface area contributed by atoms with E-state index in [2.05, 4.69) is 6.92 Å². The standard InChI is InChI=1S/C12H20O3.C8H14F2O/c1-9-7-8-11(13)10(9)5-3-2-4-6-12(14)15;1-3-5-6-8(9,10)7(11)4-2/h9-10H,2-8H2,1H3,(H,14,15);3-6H2,1-2H3. The molecule has 0 aromatic carbocycles. The summed E-state index contributed by atoms with van der Waals surface area (Å²) in [5.41, 5.74) is 0. The minimum atomic E-state index is -3.08. The molecule has 0 radical (unpaired) electrons. The maximum atomic E-state index is 12.7. The molecule has 6 heteroatoms. The number of hydrogen-bond acceptors (Lipinski definition) is 3. The smallest absolute Gasteiger partial charge is 0.305 e. The van der Waals surface area contributed by atoms with E-state index in [1.165, 1.54) is 6.92 Å². The highest BCUT2D eigenvalue weighted by Crippen LogP contribution is 2.32. The van der Waals surface area contributed by atoms with Gasteiger partial charge in [-0.05, 0) is 31.6 Å². The number of hydrogen-bond donors (Lipinski definition) is 1. The summed E-state index contributed by atoms with van der Waals surface area (Å²) >= 11 is 0. The van der Waals surface area contributed by atoms with Crippen LogP contribution in [0.15, 0.2) is 0 Å². The van der Waals surface area contributed by atoms with Crippen molar-refractivity contribution in [1.29, 1.82) is 0 Å². The van der Waals surface area contributed by atoms with Crippen molar-refractivity contribution in [2.24, 2.45) is 11.8 Å². The fraction of sp³-hybridized carbons (Fsp3) is 0.850. The van der Waals surface area contributed by atoms with E-state index in [-0.39, 0.29) is 25.2 Å². The summed E-state index contributed by atoms with van der Waals surface area (Å²) in [5, 5.41) is 8.45. The Balaban J connectivity index is 0.000000508. The number of carbonyl (C=O) groups is 3. The van der Waals surface area contributed by atoms with Crippen LogP contribution in [0.4, 0.5) is 8.78 Å². The van der Waals surface area contributed by atoms with Gasteiger partial charge in [0.05, 0.1) is 0 Å². The number of ketones is 2. The van der Waals surface area contributed by atoms with Crippen LogP contribution in [-0.4, -0.2) is 28.6 Å². The van der Waals surface area contributed by atoms with Crippen molar-refractivity contribution in [2.75, 3.05) is 0 Å².